The summed E-state index contributed by atoms with van der Waals surface area (Å²) in [6, 6.07) is 5.20. The predicted molar refractivity (Wildman–Crippen MR) is 83.3 cm³/mol. The van der Waals surface area contributed by atoms with Crippen LogP contribution in [0.3, 0.4) is 0 Å². The minimum absolute atomic E-state index is 0.260. The molecule has 0 saturated carbocycles. The Labute approximate surface area is 141 Å². The van der Waals surface area contributed by atoms with Gasteiger partial charge in [-0.1, -0.05) is 25.1 Å². The zero-order chi connectivity index (χ0) is 17.8. The van der Waals surface area contributed by atoms with Gasteiger partial charge < -0.3 is 10.6 Å². The van der Waals surface area contributed by atoms with Crippen molar-refractivity contribution in [2.24, 2.45) is 10.2 Å². The fourth-order valence-electron chi connectivity index (χ4n) is 3.96. The molecular weight excluding hydrogens is 333 g/mol. The van der Waals surface area contributed by atoms with Crippen LogP contribution in [0.2, 0.25) is 0 Å². The summed E-state index contributed by atoms with van der Waals surface area (Å²) in [7, 11) is 0. The number of benzene rings is 1. The van der Waals surface area contributed by atoms with Crippen molar-refractivity contribution in [1.29, 1.82) is 0 Å². The van der Waals surface area contributed by atoms with Crippen LogP contribution in [-0.4, -0.2) is 19.0 Å². The summed E-state index contributed by atoms with van der Waals surface area (Å²) in [5, 5.41) is 14.0. The number of carbonyl (C=O) groups excluding carboxylic acids is 1. The van der Waals surface area contributed by atoms with Gasteiger partial charge in [-0.2, -0.15) is 18.3 Å². The lowest BCUT2D eigenvalue weighted by Crippen LogP contribution is -2.41. The van der Waals surface area contributed by atoms with Gasteiger partial charge >= 0.3 is 6.18 Å². The number of rotatable bonds is 2. The molecule has 3 aliphatic heterocycles. The van der Waals surface area contributed by atoms with Crippen molar-refractivity contribution in [3.05, 3.63) is 58.1 Å². The van der Waals surface area contributed by atoms with Gasteiger partial charge in [0.15, 0.2) is 5.82 Å². The predicted octanol–water partition coefficient (Wildman–Crippen LogP) is 3.02. The molecule has 3 heterocycles. The number of nitrogens with one attached hydrogen (secondary N) is 2. The first-order chi connectivity index (χ1) is 11.9. The minimum Gasteiger partial charge on any atom is -0.347 e. The molecule has 0 spiro atoms. The van der Waals surface area contributed by atoms with Crippen molar-refractivity contribution in [3.63, 3.8) is 0 Å². The molecule has 0 aliphatic carbocycles. The van der Waals surface area contributed by atoms with E-state index in [-0.39, 0.29) is 12.5 Å². The molecule has 5 nitrogen and oxygen atoms in total. The Hall–Kier alpha value is -2.64. The van der Waals surface area contributed by atoms with Crippen LogP contribution >= 0.6 is 0 Å². The average Bonchev–Trinajstić information content (AvgIpc) is 3.20. The van der Waals surface area contributed by atoms with Gasteiger partial charge in [-0.25, -0.2) is 0 Å². The second-order valence-corrected chi connectivity index (χ2v) is 6.23. The van der Waals surface area contributed by atoms with E-state index in [1.807, 2.05) is 6.92 Å². The highest BCUT2D eigenvalue weighted by atomic mass is 19.4. The van der Waals surface area contributed by atoms with E-state index in [1.54, 1.807) is 6.07 Å². The van der Waals surface area contributed by atoms with E-state index >= 15 is 0 Å². The number of hydrogen-bond donors (Lipinski definition) is 2. The number of nitrogens with zero attached hydrogens (tertiary/aromatic N) is 2. The summed E-state index contributed by atoms with van der Waals surface area (Å²) < 4.78 is 39.7. The fourth-order valence-corrected chi connectivity index (χ4v) is 3.96. The van der Waals surface area contributed by atoms with E-state index in [9.17, 15) is 18.0 Å². The topological polar surface area (TPSA) is 65.8 Å². The molecule has 0 aromatic heterocycles. The molecule has 4 rings (SSSR count). The smallest absolute Gasteiger partial charge is 0.347 e. The van der Waals surface area contributed by atoms with E-state index in [0.29, 0.717) is 35.6 Å². The maximum absolute atomic E-state index is 13.2. The van der Waals surface area contributed by atoms with E-state index in [4.69, 9.17) is 0 Å². The third-order valence-corrected chi connectivity index (χ3v) is 5.06. The van der Waals surface area contributed by atoms with E-state index < -0.39 is 17.2 Å². The molecule has 0 bridgehead atoms. The quantitative estimate of drug-likeness (QED) is 0.863. The molecule has 1 unspecified atom stereocenters. The number of halogens is 3. The van der Waals surface area contributed by atoms with Gasteiger partial charge in [0.1, 0.15) is 0 Å². The molecule has 0 fully saturated rings. The van der Waals surface area contributed by atoms with Crippen molar-refractivity contribution in [2.45, 2.75) is 24.9 Å². The fraction of sp³-hybridized carbons (Fsp3) is 0.353. The summed E-state index contributed by atoms with van der Waals surface area (Å²) in [5.74, 6) is 0.273. The molecule has 1 aromatic rings. The van der Waals surface area contributed by atoms with Gasteiger partial charge in [0.25, 0.3) is 5.91 Å². The van der Waals surface area contributed by atoms with Gasteiger partial charge in [-0.05, 0) is 18.1 Å². The van der Waals surface area contributed by atoms with Gasteiger partial charge in [0, 0.05) is 11.3 Å². The lowest BCUT2D eigenvalue weighted by atomic mass is 9.65. The first-order valence-corrected chi connectivity index (χ1v) is 7.95. The second kappa shape index (κ2) is 5.18. The van der Waals surface area contributed by atoms with Crippen molar-refractivity contribution in [2.75, 3.05) is 13.1 Å². The third-order valence-electron chi connectivity index (χ3n) is 5.06. The molecule has 8 heteroatoms. The Morgan fingerprint density at radius 2 is 2.12 bits per heavy atom. The third kappa shape index (κ3) is 2.13. The first kappa shape index (κ1) is 15.9. The zero-order valence-corrected chi connectivity index (χ0v) is 13.4. The van der Waals surface area contributed by atoms with Crippen LogP contribution in [0.4, 0.5) is 13.2 Å². The second-order valence-electron chi connectivity index (χ2n) is 6.23. The highest BCUT2D eigenvalue weighted by Gasteiger charge is 2.50. The average molecular weight is 348 g/mol. The van der Waals surface area contributed by atoms with E-state index in [2.05, 4.69) is 20.9 Å². The highest BCUT2D eigenvalue weighted by molar-refractivity contribution is 6.01. The van der Waals surface area contributed by atoms with Crippen molar-refractivity contribution in [3.8, 4) is 0 Å². The summed E-state index contributed by atoms with van der Waals surface area (Å²) in [5.41, 5.74) is 0.623. The Morgan fingerprint density at radius 3 is 2.84 bits per heavy atom. The molecule has 1 aromatic carbocycles. The van der Waals surface area contributed by atoms with Crippen molar-refractivity contribution in [1.82, 2.24) is 10.6 Å². The Morgan fingerprint density at radius 1 is 1.32 bits per heavy atom. The first-order valence-electron chi connectivity index (χ1n) is 7.95. The van der Waals surface area contributed by atoms with Crippen LogP contribution < -0.4 is 10.6 Å². The van der Waals surface area contributed by atoms with Crippen LogP contribution in [-0.2, 0) is 16.4 Å². The van der Waals surface area contributed by atoms with Crippen molar-refractivity contribution < 1.29 is 18.0 Å². The number of dihydropyridines is 1. The van der Waals surface area contributed by atoms with Crippen LogP contribution in [0.15, 0.2) is 57.2 Å². The minimum atomic E-state index is -4.45. The van der Waals surface area contributed by atoms with Gasteiger partial charge in [-0.3, -0.25) is 4.79 Å². The van der Waals surface area contributed by atoms with E-state index in [1.165, 1.54) is 6.07 Å². The summed E-state index contributed by atoms with van der Waals surface area (Å²) in [6.45, 7) is 2.43. The normalized spacial score (nSPS) is 25.0. The molecule has 25 heavy (non-hydrogen) atoms. The molecule has 130 valence electrons. The highest BCUT2D eigenvalue weighted by Crippen LogP contribution is 2.50. The number of amides is 1. The number of hydrogen-bond acceptors (Lipinski definition) is 4. The maximum Gasteiger partial charge on any atom is 0.416 e. The molecular formula is C17H15F3N4O. The zero-order valence-electron chi connectivity index (χ0n) is 13.4. The van der Waals surface area contributed by atoms with Crippen LogP contribution in [0.25, 0.3) is 0 Å². The van der Waals surface area contributed by atoms with Gasteiger partial charge in [-0.15, -0.1) is 5.11 Å². The van der Waals surface area contributed by atoms with Gasteiger partial charge in [0.05, 0.1) is 29.6 Å². The van der Waals surface area contributed by atoms with E-state index in [0.717, 1.165) is 17.7 Å². The van der Waals surface area contributed by atoms with Gasteiger partial charge in [0.2, 0.25) is 0 Å². The SMILES string of the molecule is CCC1(c2cccc(C(F)(F)F)c2)C2=C(N=NC2)NC2=C1C(=O)NC2. The summed E-state index contributed by atoms with van der Waals surface area (Å²) in [4.78, 5) is 12.5. The molecule has 3 aliphatic rings. The lowest BCUT2D eigenvalue weighted by molar-refractivity contribution is -0.137. The summed E-state index contributed by atoms with van der Waals surface area (Å²) >= 11 is 0. The maximum atomic E-state index is 13.2. The molecule has 2 N–H and O–H groups in total. The Bertz CT molecular complexity index is 869. The largest absolute Gasteiger partial charge is 0.416 e. The Kier molecular flexibility index (Phi) is 3.28. The molecule has 0 saturated heterocycles. The number of carbonyl (C=O) groups is 1. The standard InChI is InChI=1S/C17H15F3N4O/c1-2-16(9-4-3-5-10(6-9)17(18,19)20)11-7-22-24-14(11)23-12-8-21-15(25)13(12)16/h3-6,23H,2,7-8H2,1H3,(H,21,25). The van der Waals surface area contributed by atoms with Crippen LogP contribution in [0.1, 0.15) is 24.5 Å². The summed E-state index contributed by atoms with van der Waals surface area (Å²) in [6.07, 6.45) is -4.01. The van der Waals surface area contributed by atoms with Crippen LogP contribution in [0.5, 0.6) is 0 Å². The number of azo groups is 1. The monoisotopic (exact) mass is 348 g/mol. The molecule has 1 atom stereocenters. The van der Waals surface area contributed by atoms with Crippen molar-refractivity contribution >= 4 is 5.91 Å². The molecule has 1 amide bonds. The molecule has 0 radical (unpaired) electrons. The van der Waals surface area contributed by atoms with Crippen LogP contribution in [0, 0.1) is 0 Å². The Balaban J connectivity index is 1.97. The lowest BCUT2D eigenvalue weighted by Gasteiger charge is -2.39. The number of alkyl halides is 3.